The number of esters is 1. The van der Waals surface area contributed by atoms with E-state index >= 15 is 0 Å². The van der Waals surface area contributed by atoms with Crippen LogP contribution in [-0.4, -0.2) is 12.6 Å². The van der Waals surface area contributed by atoms with Crippen molar-refractivity contribution >= 4 is 17.7 Å². The molecule has 1 unspecified atom stereocenters. The predicted molar refractivity (Wildman–Crippen MR) is 110 cm³/mol. The molecule has 3 nitrogen and oxygen atoms in total. The number of halogens is 2. The van der Waals surface area contributed by atoms with E-state index in [4.69, 9.17) is 4.74 Å². The van der Waals surface area contributed by atoms with Crippen LogP contribution in [0.5, 0.6) is 0 Å². The van der Waals surface area contributed by atoms with Gasteiger partial charge in [-0.05, 0) is 36.3 Å². The predicted octanol–water partition coefficient (Wildman–Crippen LogP) is 5.55. The van der Waals surface area contributed by atoms with Gasteiger partial charge in [0.1, 0.15) is 17.3 Å². The summed E-state index contributed by atoms with van der Waals surface area (Å²) in [6.07, 6.45) is 3.29. The van der Waals surface area contributed by atoms with Crippen molar-refractivity contribution in [3.8, 4) is 0 Å². The Morgan fingerprint density at radius 3 is 2.10 bits per heavy atom. The average Bonchev–Trinajstić information content (AvgIpc) is 2.75. The second kappa shape index (κ2) is 9.15. The zero-order valence-corrected chi connectivity index (χ0v) is 15.9. The van der Waals surface area contributed by atoms with E-state index in [1.54, 1.807) is 49.4 Å². The lowest BCUT2D eigenvalue weighted by Gasteiger charge is -2.31. The molecule has 0 aliphatic carbocycles. The molecule has 29 heavy (non-hydrogen) atoms. The largest absolute Gasteiger partial charge is 0.464 e. The number of carbonyl (C=O) groups excluding carboxylic acids is 1. The number of benzene rings is 3. The fraction of sp³-hybridized carbons (Fsp3) is 0.125. The molecule has 0 aliphatic rings. The summed E-state index contributed by atoms with van der Waals surface area (Å²) in [5.41, 5.74) is -0.709. The first-order chi connectivity index (χ1) is 14.1. The number of rotatable bonds is 7. The van der Waals surface area contributed by atoms with Gasteiger partial charge in [-0.1, -0.05) is 72.8 Å². The van der Waals surface area contributed by atoms with E-state index in [2.05, 4.69) is 5.32 Å². The first-order valence-corrected chi connectivity index (χ1v) is 9.26. The number of ether oxygens (including phenoxy) is 1. The number of para-hydroxylation sites is 1. The third kappa shape index (κ3) is 4.51. The summed E-state index contributed by atoms with van der Waals surface area (Å²) >= 11 is 0. The molecule has 0 spiro atoms. The fourth-order valence-electron chi connectivity index (χ4n) is 2.99. The molecule has 0 saturated heterocycles. The standard InChI is InChI=1S/C24H21F2NO2/c1-2-29-23(28)24(19-12-7-4-8-13-19,17-16-18-10-5-3-6-11-18)27-22-20(25)14-9-15-21(22)26/h3-17,27H,2H2,1H3/b17-16+. The highest BCUT2D eigenvalue weighted by Crippen LogP contribution is 2.33. The minimum absolute atomic E-state index is 0.119. The summed E-state index contributed by atoms with van der Waals surface area (Å²) < 4.78 is 34.2. The zero-order chi connectivity index (χ0) is 20.7. The molecule has 0 aliphatic heterocycles. The van der Waals surface area contributed by atoms with Crippen molar-refractivity contribution in [1.29, 1.82) is 0 Å². The van der Waals surface area contributed by atoms with Crippen molar-refractivity contribution in [3.05, 3.63) is 108 Å². The lowest BCUT2D eigenvalue weighted by molar-refractivity contribution is -0.147. The first kappa shape index (κ1) is 20.3. The Labute approximate surface area is 168 Å². The fourth-order valence-corrected chi connectivity index (χ4v) is 2.99. The van der Waals surface area contributed by atoms with E-state index in [1.165, 1.54) is 6.07 Å². The van der Waals surface area contributed by atoms with Gasteiger partial charge in [0.2, 0.25) is 0 Å². The van der Waals surface area contributed by atoms with Gasteiger partial charge in [0.15, 0.2) is 5.54 Å². The van der Waals surface area contributed by atoms with Crippen LogP contribution in [0.3, 0.4) is 0 Å². The van der Waals surface area contributed by atoms with Crippen molar-refractivity contribution in [2.45, 2.75) is 12.5 Å². The zero-order valence-electron chi connectivity index (χ0n) is 15.9. The molecule has 0 amide bonds. The third-order valence-corrected chi connectivity index (χ3v) is 4.44. The molecule has 3 aromatic carbocycles. The topological polar surface area (TPSA) is 38.3 Å². The third-order valence-electron chi connectivity index (χ3n) is 4.44. The maximum atomic E-state index is 14.4. The Morgan fingerprint density at radius 1 is 0.931 bits per heavy atom. The molecule has 5 heteroatoms. The van der Waals surface area contributed by atoms with Gasteiger partial charge in [-0.25, -0.2) is 13.6 Å². The van der Waals surface area contributed by atoms with Crippen LogP contribution in [0, 0.1) is 11.6 Å². The SMILES string of the molecule is CCOC(=O)C(/C=C/c1ccccc1)(Nc1c(F)cccc1F)c1ccccc1. The van der Waals surface area contributed by atoms with E-state index in [0.717, 1.165) is 17.7 Å². The van der Waals surface area contributed by atoms with E-state index in [9.17, 15) is 13.6 Å². The molecule has 1 N–H and O–H groups in total. The lowest BCUT2D eigenvalue weighted by Crippen LogP contribution is -2.43. The molecule has 0 radical (unpaired) electrons. The monoisotopic (exact) mass is 393 g/mol. The van der Waals surface area contributed by atoms with Crippen molar-refractivity contribution < 1.29 is 18.3 Å². The summed E-state index contributed by atoms with van der Waals surface area (Å²) in [5, 5.41) is 2.79. The van der Waals surface area contributed by atoms with E-state index in [-0.39, 0.29) is 6.61 Å². The van der Waals surface area contributed by atoms with Crippen LogP contribution in [0.15, 0.2) is 84.9 Å². The minimum Gasteiger partial charge on any atom is -0.464 e. The van der Waals surface area contributed by atoms with E-state index in [0.29, 0.717) is 5.56 Å². The van der Waals surface area contributed by atoms with Crippen molar-refractivity contribution in [2.24, 2.45) is 0 Å². The van der Waals surface area contributed by atoms with Crippen molar-refractivity contribution in [1.82, 2.24) is 0 Å². The van der Waals surface area contributed by atoms with Crippen molar-refractivity contribution in [2.75, 3.05) is 11.9 Å². The highest BCUT2D eigenvalue weighted by molar-refractivity contribution is 5.90. The molecular weight excluding hydrogens is 372 g/mol. The van der Waals surface area contributed by atoms with Gasteiger partial charge in [-0.2, -0.15) is 0 Å². The van der Waals surface area contributed by atoms with Gasteiger partial charge in [0.05, 0.1) is 6.61 Å². The van der Waals surface area contributed by atoms with Crippen LogP contribution in [0.2, 0.25) is 0 Å². The van der Waals surface area contributed by atoms with Gasteiger partial charge < -0.3 is 10.1 Å². The second-order valence-electron chi connectivity index (χ2n) is 6.36. The minimum atomic E-state index is -1.63. The summed E-state index contributed by atoms with van der Waals surface area (Å²) in [6, 6.07) is 21.6. The van der Waals surface area contributed by atoms with Crippen LogP contribution < -0.4 is 5.32 Å². The van der Waals surface area contributed by atoms with E-state index in [1.807, 2.05) is 30.3 Å². The molecule has 1 atom stereocenters. The van der Waals surface area contributed by atoms with Gasteiger partial charge in [0.25, 0.3) is 0 Å². The van der Waals surface area contributed by atoms with Gasteiger partial charge in [-0.15, -0.1) is 0 Å². The maximum absolute atomic E-state index is 14.4. The van der Waals surface area contributed by atoms with Crippen LogP contribution in [0.4, 0.5) is 14.5 Å². The molecule has 0 saturated carbocycles. The maximum Gasteiger partial charge on any atom is 0.340 e. The quantitative estimate of drug-likeness (QED) is 0.535. The van der Waals surface area contributed by atoms with Crippen LogP contribution in [0.1, 0.15) is 18.1 Å². The number of carbonyl (C=O) groups is 1. The molecule has 0 bridgehead atoms. The highest BCUT2D eigenvalue weighted by atomic mass is 19.1. The molecule has 0 fully saturated rings. The molecule has 148 valence electrons. The molecule has 0 aromatic heterocycles. The Balaban J connectivity index is 2.19. The van der Waals surface area contributed by atoms with E-state index < -0.39 is 28.8 Å². The van der Waals surface area contributed by atoms with Crippen LogP contribution in [0.25, 0.3) is 6.08 Å². The highest BCUT2D eigenvalue weighted by Gasteiger charge is 2.40. The lowest BCUT2D eigenvalue weighted by atomic mass is 9.88. The average molecular weight is 393 g/mol. The first-order valence-electron chi connectivity index (χ1n) is 9.26. The Bertz CT molecular complexity index is 970. The van der Waals surface area contributed by atoms with Crippen LogP contribution >= 0.6 is 0 Å². The van der Waals surface area contributed by atoms with Crippen LogP contribution in [-0.2, 0) is 15.1 Å². The number of hydrogen-bond donors (Lipinski definition) is 1. The Hall–Kier alpha value is -3.47. The number of anilines is 1. The second-order valence-corrected chi connectivity index (χ2v) is 6.36. The summed E-state index contributed by atoms with van der Waals surface area (Å²) in [5.74, 6) is -2.27. The number of hydrogen-bond acceptors (Lipinski definition) is 3. The summed E-state index contributed by atoms with van der Waals surface area (Å²) in [6.45, 7) is 1.80. The van der Waals surface area contributed by atoms with Gasteiger partial charge >= 0.3 is 5.97 Å². The molecule has 3 rings (SSSR count). The smallest absolute Gasteiger partial charge is 0.340 e. The normalized spacial score (nSPS) is 13.1. The molecule has 0 heterocycles. The van der Waals surface area contributed by atoms with Crippen molar-refractivity contribution in [3.63, 3.8) is 0 Å². The Morgan fingerprint density at radius 2 is 1.52 bits per heavy atom. The Kier molecular flexibility index (Phi) is 6.39. The van der Waals surface area contributed by atoms with Gasteiger partial charge in [0, 0.05) is 0 Å². The molecular formula is C24H21F2NO2. The molecule has 3 aromatic rings. The number of nitrogens with one attached hydrogen (secondary N) is 1. The van der Waals surface area contributed by atoms with Gasteiger partial charge in [-0.3, -0.25) is 0 Å². The summed E-state index contributed by atoms with van der Waals surface area (Å²) in [7, 11) is 0. The summed E-state index contributed by atoms with van der Waals surface area (Å²) in [4.78, 5) is 13.1.